The number of carbonyl (C=O) groups excluding carboxylic acids is 1. The standard InChI is InChI=1S/C22H28N2O2/c1-17-9-10-21(15-18(17)2)26-19(3)22(25)24-13-11-23(12-14-24)16-20-7-5-4-6-8-20/h4-10,15,19H,11-14,16H2,1-3H3/t19-/m0/s1. The number of ether oxygens (including phenoxy) is 1. The van der Waals surface area contributed by atoms with E-state index in [-0.39, 0.29) is 5.91 Å². The third-order valence-corrected chi connectivity index (χ3v) is 5.07. The maximum absolute atomic E-state index is 12.7. The third kappa shape index (κ3) is 4.64. The second kappa shape index (κ2) is 8.37. The van der Waals surface area contributed by atoms with Crippen LogP contribution in [0.25, 0.3) is 0 Å². The van der Waals surface area contributed by atoms with Crippen LogP contribution in [0.4, 0.5) is 0 Å². The quantitative estimate of drug-likeness (QED) is 0.827. The van der Waals surface area contributed by atoms with Gasteiger partial charge >= 0.3 is 0 Å². The van der Waals surface area contributed by atoms with Gasteiger partial charge in [-0.2, -0.15) is 0 Å². The number of aryl methyl sites for hydroxylation is 2. The summed E-state index contributed by atoms with van der Waals surface area (Å²) in [5, 5.41) is 0. The summed E-state index contributed by atoms with van der Waals surface area (Å²) in [4.78, 5) is 17.0. The second-order valence-electron chi connectivity index (χ2n) is 7.09. The molecule has 1 saturated heterocycles. The topological polar surface area (TPSA) is 32.8 Å². The molecule has 2 aromatic carbocycles. The van der Waals surface area contributed by atoms with Crippen molar-refractivity contribution in [3.63, 3.8) is 0 Å². The maximum atomic E-state index is 12.7. The van der Waals surface area contributed by atoms with Gasteiger partial charge in [-0.3, -0.25) is 9.69 Å². The summed E-state index contributed by atoms with van der Waals surface area (Å²) in [5.41, 5.74) is 3.72. The summed E-state index contributed by atoms with van der Waals surface area (Å²) in [6, 6.07) is 16.4. The van der Waals surface area contributed by atoms with Crippen molar-refractivity contribution in [1.82, 2.24) is 9.80 Å². The first-order chi connectivity index (χ1) is 12.5. The highest BCUT2D eigenvalue weighted by Gasteiger charge is 2.26. The van der Waals surface area contributed by atoms with Crippen molar-refractivity contribution in [2.24, 2.45) is 0 Å². The highest BCUT2D eigenvalue weighted by molar-refractivity contribution is 5.81. The molecule has 26 heavy (non-hydrogen) atoms. The summed E-state index contributed by atoms with van der Waals surface area (Å²) in [7, 11) is 0. The first kappa shape index (κ1) is 18.5. The van der Waals surface area contributed by atoms with E-state index in [1.807, 2.05) is 36.1 Å². The van der Waals surface area contributed by atoms with E-state index in [1.54, 1.807) is 0 Å². The zero-order chi connectivity index (χ0) is 18.5. The Kier molecular flexibility index (Phi) is 5.94. The average Bonchev–Trinajstić information content (AvgIpc) is 2.65. The third-order valence-electron chi connectivity index (χ3n) is 5.07. The van der Waals surface area contributed by atoms with Crippen molar-refractivity contribution >= 4 is 5.91 Å². The van der Waals surface area contributed by atoms with Crippen LogP contribution in [-0.4, -0.2) is 48.0 Å². The van der Waals surface area contributed by atoms with Crippen LogP contribution in [0, 0.1) is 13.8 Å². The van der Waals surface area contributed by atoms with E-state index in [2.05, 4.69) is 43.0 Å². The molecule has 1 aliphatic heterocycles. The van der Waals surface area contributed by atoms with Crippen LogP contribution in [0.5, 0.6) is 5.75 Å². The zero-order valence-corrected chi connectivity index (χ0v) is 15.9. The Morgan fingerprint density at radius 2 is 1.69 bits per heavy atom. The van der Waals surface area contributed by atoms with Crippen molar-refractivity contribution in [3.8, 4) is 5.75 Å². The number of hydrogen-bond donors (Lipinski definition) is 0. The Balaban J connectivity index is 1.50. The van der Waals surface area contributed by atoms with E-state index in [1.165, 1.54) is 16.7 Å². The second-order valence-corrected chi connectivity index (χ2v) is 7.09. The fraction of sp³-hybridized carbons (Fsp3) is 0.409. The molecule has 0 unspecified atom stereocenters. The predicted molar refractivity (Wildman–Crippen MR) is 104 cm³/mol. The van der Waals surface area contributed by atoms with Gasteiger partial charge in [0.05, 0.1) is 0 Å². The monoisotopic (exact) mass is 352 g/mol. The molecule has 1 fully saturated rings. The van der Waals surface area contributed by atoms with Crippen LogP contribution in [0.2, 0.25) is 0 Å². The lowest BCUT2D eigenvalue weighted by Gasteiger charge is -2.35. The molecule has 1 aliphatic rings. The lowest BCUT2D eigenvalue weighted by atomic mass is 10.1. The summed E-state index contributed by atoms with van der Waals surface area (Å²) >= 11 is 0. The summed E-state index contributed by atoms with van der Waals surface area (Å²) < 4.78 is 5.88. The number of nitrogens with zero attached hydrogens (tertiary/aromatic N) is 2. The number of amides is 1. The van der Waals surface area contributed by atoms with Crippen LogP contribution in [0.3, 0.4) is 0 Å². The van der Waals surface area contributed by atoms with Crippen molar-refractivity contribution in [2.75, 3.05) is 26.2 Å². The molecule has 4 nitrogen and oxygen atoms in total. The smallest absolute Gasteiger partial charge is 0.263 e. The number of hydrogen-bond acceptors (Lipinski definition) is 3. The number of rotatable bonds is 5. The number of carbonyl (C=O) groups is 1. The molecule has 1 atom stereocenters. The minimum atomic E-state index is -0.460. The lowest BCUT2D eigenvalue weighted by molar-refractivity contribution is -0.139. The first-order valence-electron chi connectivity index (χ1n) is 9.32. The lowest BCUT2D eigenvalue weighted by Crippen LogP contribution is -2.51. The molecule has 4 heteroatoms. The molecule has 1 heterocycles. The summed E-state index contributed by atoms with van der Waals surface area (Å²) in [6.45, 7) is 10.2. The Hall–Kier alpha value is -2.33. The highest BCUT2D eigenvalue weighted by atomic mass is 16.5. The van der Waals surface area contributed by atoms with Gasteiger partial charge in [0, 0.05) is 32.7 Å². The average molecular weight is 352 g/mol. The van der Waals surface area contributed by atoms with Gasteiger partial charge in [-0.15, -0.1) is 0 Å². The molecule has 1 amide bonds. The first-order valence-corrected chi connectivity index (χ1v) is 9.32. The van der Waals surface area contributed by atoms with E-state index in [4.69, 9.17) is 4.74 Å². The van der Waals surface area contributed by atoms with Crippen molar-refractivity contribution in [1.29, 1.82) is 0 Å². The molecule has 138 valence electrons. The van der Waals surface area contributed by atoms with Crippen molar-refractivity contribution in [2.45, 2.75) is 33.4 Å². The fourth-order valence-electron chi connectivity index (χ4n) is 3.27. The minimum Gasteiger partial charge on any atom is -0.481 e. The molecule has 0 radical (unpaired) electrons. The van der Waals surface area contributed by atoms with Crippen LogP contribution in [0.1, 0.15) is 23.6 Å². The number of benzene rings is 2. The van der Waals surface area contributed by atoms with Crippen LogP contribution in [-0.2, 0) is 11.3 Å². The molecule has 0 aromatic heterocycles. The van der Waals surface area contributed by atoms with E-state index < -0.39 is 6.10 Å². The fourth-order valence-corrected chi connectivity index (χ4v) is 3.27. The van der Waals surface area contributed by atoms with Gasteiger partial charge in [0.25, 0.3) is 5.91 Å². The number of piperazine rings is 1. The molecule has 0 spiro atoms. The van der Waals surface area contributed by atoms with Crippen LogP contribution >= 0.6 is 0 Å². The molecule has 2 aromatic rings. The molecule has 0 bridgehead atoms. The van der Waals surface area contributed by atoms with Gasteiger partial charge in [-0.05, 0) is 49.6 Å². The molecule has 0 N–H and O–H groups in total. The maximum Gasteiger partial charge on any atom is 0.263 e. The summed E-state index contributed by atoms with van der Waals surface area (Å²) in [5.74, 6) is 0.833. The van der Waals surface area contributed by atoms with Crippen molar-refractivity contribution < 1.29 is 9.53 Å². The van der Waals surface area contributed by atoms with Crippen LogP contribution in [0.15, 0.2) is 48.5 Å². The molecular formula is C22H28N2O2. The normalized spacial score (nSPS) is 16.3. The van der Waals surface area contributed by atoms with Gasteiger partial charge in [-0.25, -0.2) is 0 Å². The Bertz CT molecular complexity index is 737. The van der Waals surface area contributed by atoms with Gasteiger partial charge in [0.2, 0.25) is 0 Å². The Morgan fingerprint density at radius 1 is 1.00 bits per heavy atom. The van der Waals surface area contributed by atoms with E-state index in [0.717, 1.165) is 38.5 Å². The van der Waals surface area contributed by atoms with E-state index in [9.17, 15) is 4.79 Å². The Morgan fingerprint density at radius 3 is 2.35 bits per heavy atom. The van der Waals surface area contributed by atoms with Gasteiger partial charge in [-0.1, -0.05) is 36.4 Å². The highest BCUT2D eigenvalue weighted by Crippen LogP contribution is 2.18. The summed E-state index contributed by atoms with van der Waals surface area (Å²) in [6.07, 6.45) is -0.460. The minimum absolute atomic E-state index is 0.0718. The molecular weight excluding hydrogens is 324 g/mol. The van der Waals surface area contributed by atoms with E-state index >= 15 is 0 Å². The predicted octanol–water partition coefficient (Wildman–Crippen LogP) is 3.42. The molecule has 0 aliphatic carbocycles. The van der Waals surface area contributed by atoms with E-state index in [0.29, 0.717) is 0 Å². The van der Waals surface area contributed by atoms with Crippen LogP contribution < -0.4 is 4.74 Å². The molecule has 0 saturated carbocycles. The van der Waals surface area contributed by atoms with Gasteiger partial charge in [0.1, 0.15) is 5.75 Å². The zero-order valence-electron chi connectivity index (χ0n) is 15.9. The van der Waals surface area contributed by atoms with Gasteiger partial charge < -0.3 is 9.64 Å². The van der Waals surface area contributed by atoms with Crippen molar-refractivity contribution in [3.05, 3.63) is 65.2 Å². The van der Waals surface area contributed by atoms with Gasteiger partial charge in [0.15, 0.2) is 6.10 Å². The SMILES string of the molecule is Cc1ccc(O[C@@H](C)C(=O)N2CCN(Cc3ccccc3)CC2)cc1C. The largest absolute Gasteiger partial charge is 0.481 e. The molecule has 3 rings (SSSR count). The Labute approximate surface area is 156 Å².